The van der Waals surface area contributed by atoms with Gasteiger partial charge in [-0.1, -0.05) is 19.1 Å². The number of carbonyl (C=O) groups is 1. The average Bonchev–Trinajstić information content (AvgIpc) is 2.62. The first-order valence-corrected chi connectivity index (χ1v) is 9.04. The second kappa shape index (κ2) is 8.75. The quantitative estimate of drug-likeness (QED) is 0.786. The largest absolute Gasteiger partial charge is 0.497 e. The number of methoxy groups -OCH3 is 1. The zero-order valence-electron chi connectivity index (χ0n) is 16.6. The molecule has 2 aromatic rings. The molecule has 0 saturated carbocycles. The van der Waals surface area contributed by atoms with Gasteiger partial charge in [-0.3, -0.25) is 4.79 Å². The van der Waals surface area contributed by atoms with E-state index in [1.54, 1.807) is 7.11 Å². The predicted octanol–water partition coefficient (Wildman–Crippen LogP) is 4.66. The lowest BCUT2D eigenvalue weighted by atomic mass is 9.96. The van der Waals surface area contributed by atoms with E-state index in [0.29, 0.717) is 12.2 Å². The number of carbonyl (C=O) groups excluding carboxylic acids is 1. The van der Waals surface area contributed by atoms with E-state index in [4.69, 9.17) is 9.47 Å². The van der Waals surface area contributed by atoms with Gasteiger partial charge in [0.15, 0.2) is 6.10 Å². The van der Waals surface area contributed by atoms with Crippen LogP contribution in [0, 0.1) is 20.8 Å². The molecule has 0 heterocycles. The van der Waals surface area contributed by atoms with Crippen LogP contribution in [-0.4, -0.2) is 19.1 Å². The minimum Gasteiger partial charge on any atom is -0.497 e. The number of rotatable bonds is 7. The smallest absolute Gasteiger partial charge is 0.261 e. The molecule has 4 heteroatoms. The molecule has 0 saturated heterocycles. The van der Waals surface area contributed by atoms with Gasteiger partial charge in [-0.15, -0.1) is 0 Å². The summed E-state index contributed by atoms with van der Waals surface area (Å²) < 4.78 is 11.0. The summed E-state index contributed by atoms with van der Waals surface area (Å²) in [4.78, 5) is 12.7. The van der Waals surface area contributed by atoms with Crippen molar-refractivity contribution in [2.45, 2.75) is 53.2 Å². The lowest BCUT2D eigenvalue weighted by molar-refractivity contribution is -0.128. The Morgan fingerprint density at radius 1 is 1.00 bits per heavy atom. The van der Waals surface area contributed by atoms with Crippen LogP contribution >= 0.6 is 0 Å². The molecule has 1 amide bonds. The second-order valence-electron chi connectivity index (χ2n) is 6.71. The first-order chi connectivity index (χ1) is 12.3. The van der Waals surface area contributed by atoms with Gasteiger partial charge in [-0.25, -0.2) is 0 Å². The minimum absolute atomic E-state index is 0.0738. The molecule has 140 valence electrons. The molecule has 0 aromatic heterocycles. The summed E-state index contributed by atoms with van der Waals surface area (Å²) in [6.07, 6.45) is 0.0638. The summed E-state index contributed by atoms with van der Waals surface area (Å²) >= 11 is 0. The zero-order chi connectivity index (χ0) is 19.3. The Bertz CT molecular complexity index is 753. The van der Waals surface area contributed by atoms with Crippen LogP contribution in [0.4, 0.5) is 0 Å². The molecule has 2 rings (SSSR count). The van der Waals surface area contributed by atoms with Gasteiger partial charge < -0.3 is 14.8 Å². The van der Waals surface area contributed by atoms with Crippen molar-refractivity contribution >= 4 is 5.91 Å². The molecule has 0 spiro atoms. The maximum absolute atomic E-state index is 12.7. The predicted molar refractivity (Wildman–Crippen MR) is 105 cm³/mol. The van der Waals surface area contributed by atoms with Gasteiger partial charge in [0.25, 0.3) is 5.91 Å². The Morgan fingerprint density at radius 2 is 1.58 bits per heavy atom. The van der Waals surface area contributed by atoms with Crippen LogP contribution in [0.25, 0.3) is 0 Å². The fraction of sp³-hybridized carbons (Fsp3) is 0.409. The first-order valence-electron chi connectivity index (χ1n) is 9.04. The van der Waals surface area contributed by atoms with Crippen LogP contribution in [0.5, 0.6) is 11.5 Å². The Morgan fingerprint density at radius 3 is 2.15 bits per heavy atom. The van der Waals surface area contributed by atoms with Crippen molar-refractivity contribution in [2.24, 2.45) is 0 Å². The molecular weight excluding hydrogens is 326 g/mol. The topological polar surface area (TPSA) is 47.6 Å². The number of aryl methyl sites for hydroxylation is 3. The highest BCUT2D eigenvalue weighted by Gasteiger charge is 2.21. The molecule has 26 heavy (non-hydrogen) atoms. The summed E-state index contributed by atoms with van der Waals surface area (Å²) in [7, 11) is 1.62. The third-order valence-corrected chi connectivity index (χ3v) is 4.71. The number of nitrogens with one attached hydrogen (secondary N) is 1. The van der Waals surface area contributed by atoms with Gasteiger partial charge >= 0.3 is 0 Å². The van der Waals surface area contributed by atoms with Gasteiger partial charge in [-0.05, 0) is 80.6 Å². The van der Waals surface area contributed by atoms with Gasteiger partial charge in [0.2, 0.25) is 0 Å². The maximum Gasteiger partial charge on any atom is 0.261 e. The first kappa shape index (κ1) is 19.8. The molecule has 0 bridgehead atoms. The Labute approximate surface area is 156 Å². The Balaban J connectivity index is 2.07. The van der Waals surface area contributed by atoms with Gasteiger partial charge in [-0.2, -0.15) is 0 Å². The van der Waals surface area contributed by atoms with Crippen LogP contribution in [0.3, 0.4) is 0 Å². The van der Waals surface area contributed by atoms with Crippen molar-refractivity contribution in [1.29, 1.82) is 0 Å². The van der Waals surface area contributed by atoms with Crippen molar-refractivity contribution < 1.29 is 14.3 Å². The van der Waals surface area contributed by atoms with E-state index in [1.807, 2.05) is 38.1 Å². The number of ether oxygens (including phenoxy) is 2. The van der Waals surface area contributed by atoms with Crippen LogP contribution in [0.15, 0.2) is 36.4 Å². The van der Waals surface area contributed by atoms with Gasteiger partial charge in [0, 0.05) is 0 Å². The number of hydrogen-bond acceptors (Lipinski definition) is 3. The van der Waals surface area contributed by atoms with E-state index < -0.39 is 6.10 Å². The van der Waals surface area contributed by atoms with E-state index in [9.17, 15) is 4.79 Å². The summed E-state index contributed by atoms with van der Waals surface area (Å²) in [5.74, 6) is 1.31. The SMILES string of the molecule is CC[C@H](Oc1ccc(OC)cc1)C(=O)N[C@@H](C)c1cc(C)c(C)cc1C. The highest BCUT2D eigenvalue weighted by Crippen LogP contribution is 2.23. The monoisotopic (exact) mass is 355 g/mol. The molecule has 1 N–H and O–H groups in total. The van der Waals surface area contributed by atoms with Crippen molar-refractivity contribution in [2.75, 3.05) is 7.11 Å². The highest BCUT2D eigenvalue weighted by atomic mass is 16.5. The maximum atomic E-state index is 12.7. The molecule has 0 fully saturated rings. The lowest BCUT2D eigenvalue weighted by Crippen LogP contribution is -2.39. The third-order valence-electron chi connectivity index (χ3n) is 4.71. The highest BCUT2D eigenvalue weighted by molar-refractivity contribution is 5.81. The summed E-state index contributed by atoms with van der Waals surface area (Å²) in [5, 5.41) is 3.09. The molecule has 0 aliphatic rings. The molecule has 0 unspecified atom stereocenters. The molecular formula is C22H29NO3. The van der Waals surface area contributed by atoms with Crippen LogP contribution in [0.1, 0.15) is 48.6 Å². The van der Waals surface area contributed by atoms with Crippen molar-refractivity contribution in [3.63, 3.8) is 0 Å². The average molecular weight is 355 g/mol. The van der Waals surface area contributed by atoms with Crippen LogP contribution in [0.2, 0.25) is 0 Å². The second-order valence-corrected chi connectivity index (χ2v) is 6.71. The Kier molecular flexibility index (Phi) is 6.67. The molecule has 0 aliphatic carbocycles. The standard InChI is InChI=1S/C22H29NO3/c1-7-21(26-19-10-8-18(25-6)9-11-19)22(24)23-17(5)20-13-15(3)14(2)12-16(20)4/h8-13,17,21H,7H2,1-6H3,(H,23,24)/t17-,21-/m0/s1. The fourth-order valence-electron chi connectivity index (χ4n) is 2.97. The normalized spacial score (nSPS) is 13.0. The fourth-order valence-corrected chi connectivity index (χ4v) is 2.97. The zero-order valence-corrected chi connectivity index (χ0v) is 16.6. The molecule has 4 nitrogen and oxygen atoms in total. The summed E-state index contributed by atoms with van der Waals surface area (Å²) in [6, 6.07) is 11.5. The number of benzene rings is 2. The molecule has 0 radical (unpaired) electrons. The lowest BCUT2D eigenvalue weighted by Gasteiger charge is -2.22. The van der Waals surface area contributed by atoms with Crippen LogP contribution < -0.4 is 14.8 Å². The van der Waals surface area contributed by atoms with Gasteiger partial charge in [0.1, 0.15) is 11.5 Å². The number of amides is 1. The molecule has 2 aromatic carbocycles. The van der Waals surface area contributed by atoms with E-state index in [0.717, 1.165) is 11.3 Å². The summed E-state index contributed by atoms with van der Waals surface area (Å²) in [5.41, 5.74) is 4.82. The van der Waals surface area contributed by atoms with Crippen molar-refractivity contribution in [1.82, 2.24) is 5.32 Å². The third kappa shape index (κ3) is 4.78. The van der Waals surface area contributed by atoms with E-state index in [-0.39, 0.29) is 11.9 Å². The summed E-state index contributed by atoms with van der Waals surface area (Å²) in [6.45, 7) is 10.2. The van der Waals surface area contributed by atoms with Crippen LogP contribution in [-0.2, 0) is 4.79 Å². The number of hydrogen-bond donors (Lipinski definition) is 1. The van der Waals surface area contributed by atoms with E-state index in [1.165, 1.54) is 16.7 Å². The molecule has 0 aliphatic heterocycles. The molecule has 2 atom stereocenters. The van der Waals surface area contributed by atoms with Crippen molar-refractivity contribution in [3.05, 3.63) is 58.7 Å². The van der Waals surface area contributed by atoms with E-state index >= 15 is 0 Å². The minimum atomic E-state index is -0.530. The van der Waals surface area contributed by atoms with Crippen molar-refractivity contribution in [3.8, 4) is 11.5 Å². The van der Waals surface area contributed by atoms with Gasteiger partial charge in [0.05, 0.1) is 13.2 Å². The Hall–Kier alpha value is -2.49. The van der Waals surface area contributed by atoms with E-state index in [2.05, 4.69) is 38.2 Å².